The third-order valence-electron chi connectivity index (χ3n) is 2.83. The first kappa shape index (κ1) is 19.1. The van der Waals surface area contributed by atoms with Gasteiger partial charge in [0.2, 0.25) is 0 Å². The molecule has 0 N–H and O–H groups in total. The number of esters is 1. The Hall–Kier alpha value is -0.910. The van der Waals surface area contributed by atoms with Gasteiger partial charge in [0, 0.05) is 0 Å². The fraction of sp³-hybridized carbons (Fsp3) is 0.857. The van der Waals surface area contributed by atoms with E-state index in [1.165, 1.54) is 23.8 Å². The molecule has 0 aliphatic rings. The highest BCUT2D eigenvalue weighted by atomic mass is 32.2. The predicted molar refractivity (Wildman–Crippen MR) is 81.8 cm³/mol. The van der Waals surface area contributed by atoms with Crippen LogP contribution in [0.3, 0.4) is 0 Å². The zero-order chi connectivity index (χ0) is 16.0. The van der Waals surface area contributed by atoms with Gasteiger partial charge in [0.25, 0.3) is 0 Å². The number of ether oxygens (including phenoxy) is 2. The molecule has 0 rings (SSSR count). The molecule has 0 aromatic heterocycles. The summed E-state index contributed by atoms with van der Waals surface area (Å²) in [5.74, 6) is -0.0418. The molecule has 0 saturated carbocycles. The normalized spacial score (nSPS) is 14.3. The summed E-state index contributed by atoms with van der Waals surface area (Å²) in [6.45, 7) is 9.10. The minimum atomic E-state index is -1.01. The molecule has 1 atom stereocenters. The maximum atomic E-state index is 12.4. The van der Waals surface area contributed by atoms with Crippen molar-refractivity contribution in [3.05, 3.63) is 0 Å². The predicted octanol–water partition coefficient (Wildman–Crippen LogP) is 3.28. The molecule has 1 unspecified atom stereocenters. The molecule has 6 heteroatoms. The van der Waals surface area contributed by atoms with Crippen molar-refractivity contribution in [1.82, 2.24) is 4.90 Å². The maximum absolute atomic E-state index is 12.4. The first-order valence-electron chi connectivity index (χ1n) is 6.70. The summed E-state index contributed by atoms with van der Waals surface area (Å²) < 4.78 is 10.3. The van der Waals surface area contributed by atoms with Crippen molar-refractivity contribution in [2.75, 3.05) is 19.2 Å². The highest BCUT2D eigenvalue weighted by Gasteiger charge is 2.44. The van der Waals surface area contributed by atoms with Crippen LogP contribution in [0.25, 0.3) is 0 Å². The number of amides is 1. The Bertz CT molecular complexity index is 341. The van der Waals surface area contributed by atoms with Gasteiger partial charge in [-0.05, 0) is 40.4 Å². The Kier molecular flexibility index (Phi) is 7.41. The van der Waals surface area contributed by atoms with Crippen LogP contribution in [-0.4, -0.2) is 47.3 Å². The van der Waals surface area contributed by atoms with E-state index >= 15 is 0 Å². The Morgan fingerprint density at radius 2 is 1.75 bits per heavy atom. The van der Waals surface area contributed by atoms with Gasteiger partial charge in [-0.1, -0.05) is 13.3 Å². The second kappa shape index (κ2) is 7.76. The van der Waals surface area contributed by atoms with Crippen LogP contribution < -0.4 is 0 Å². The molecule has 0 radical (unpaired) electrons. The lowest BCUT2D eigenvalue weighted by atomic mass is 9.94. The summed E-state index contributed by atoms with van der Waals surface area (Å²) in [5, 5.41) is 0. The molecule has 20 heavy (non-hydrogen) atoms. The number of hydrogen-bond donors (Lipinski definition) is 0. The molecule has 0 aromatic rings. The van der Waals surface area contributed by atoms with Gasteiger partial charge in [0.1, 0.15) is 11.1 Å². The van der Waals surface area contributed by atoms with Gasteiger partial charge in [0.05, 0.1) is 13.0 Å². The summed E-state index contributed by atoms with van der Waals surface area (Å²) >= 11 is 1.46. The molecule has 0 bridgehead atoms. The van der Waals surface area contributed by atoms with E-state index in [1.807, 2.05) is 13.2 Å². The van der Waals surface area contributed by atoms with Gasteiger partial charge < -0.3 is 9.47 Å². The Morgan fingerprint density at radius 1 is 1.20 bits per heavy atom. The molecule has 0 saturated heterocycles. The first-order valence-corrected chi connectivity index (χ1v) is 8.09. The number of rotatable bonds is 6. The van der Waals surface area contributed by atoms with Crippen LogP contribution in [0.15, 0.2) is 0 Å². The maximum Gasteiger partial charge on any atom is 0.411 e. The van der Waals surface area contributed by atoms with Crippen molar-refractivity contribution < 1.29 is 19.1 Å². The van der Waals surface area contributed by atoms with Crippen molar-refractivity contribution in [3.8, 4) is 0 Å². The smallest absolute Gasteiger partial charge is 0.411 e. The van der Waals surface area contributed by atoms with Crippen molar-refractivity contribution in [3.63, 3.8) is 0 Å². The molecule has 0 fully saturated rings. The van der Waals surface area contributed by atoms with E-state index in [1.54, 1.807) is 27.7 Å². The molecule has 0 aliphatic carbocycles. The highest BCUT2D eigenvalue weighted by Crippen LogP contribution is 2.27. The van der Waals surface area contributed by atoms with Crippen molar-refractivity contribution in [1.29, 1.82) is 0 Å². The minimum absolute atomic E-state index is 0.376. The second-order valence-electron chi connectivity index (χ2n) is 5.84. The third-order valence-corrected chi connectivity index (χ3v) is 3.35. The molecule has 0 aromatic carbocycles. The van der Waals surface area contributed by atoms with Gasteiger partial charge >= 0.3 is 12.1 Å². The van der Waals surface area contributed by atoms with Crippen LogP contribution in [-0.2, 0) is 14.3 Å². The van der Waals surface area contributed by atoms with Crippen LogP contribution in [0, 0.1) is 0 Å². The summed E-state index contributed by atoms with van der Waals surface area (Å²) in [4.78, 5) is 26.0. The minimum Gasteiger partial charge on any atom is -0.467 e. The van der Waals surface area contributed by atoms with Gasteiger partial charge in [-0.15, -0.1) is 11.8 Å². The molecule has 1 amide bonds. The van der Waals surface area contributed by atoms with Crippen molar-refractivity contribution >= 4 is 23.8 Å². The van der Waals surface area contributed by atoms with Crippen LogP contribution >= 0.6 is 11.8 Å². The lowest BCUT2D eigenvalue weighted by Gasteiger charge is -2.39. The first-order chi connectivity index (χ1) is 9.12. The zero-order valence-corrected chi connectivity index (χ0v) is 14.4. The number of hydrogen-bond acceptors (Lipinski definition) is 5. The summed E-state index contributed by atoms with van der Waals surface area (Å²) in [5.41, 5.74) is -1.61. The SMILES string of the molecule is CCCC(C)(C(=O)OC)N(CSC)C(=O)OC(C)(C)C. The van der Waals surface area contributed by atoms with E-state index in [4.69, 9.17) is 9.47 Å². The van der Waals surface area contributed by atoms with Crippen molar-refractivity contribution in [2.45, 2.75) is 58.6 Å². The van der Waals surface area contributed by atoms with Gasteiger partial charge in [-0.25, -0.2) is 9.59 Å². The largest absolute Gasteiger partial charge is 0.467 e. The van der Waals surface area contributed by atoms with Gasteiger partial charge in [-0.3, -0.25) is 4.90 Å². The number of nitrogens with zero attached hydrogens (tertiary/aromatic N) is 1. The highest BCUT2D eigenvalue weighted by molar-refractivity contribution is 7.98. The standard InChI is InChI=1S/C14H27NO4S/c1-8-9-14(5,11(16)18-6)15(10-20-7)12(17)19-13(2,3)4/h8-10H2,1-7H3. The molecule has 118 valence electrons. The summed E-state index contributed by atoms with van der Waals surface area (Å²) in [6.07, 6.45) is 2.67. The van der Waals surface area contributed by atoms with E-state index in [-0.39, 0.29) is 0 Å². The molecular weight excluding hydrogens is 278 g/mol. The van der Waals surface area contributed by atoms with E-state index < -0.39 is 23.2 Å². The summed E-state index contributed by atoms with van der Waals surface area (Å²) in [6, 6.07) is 0. The quantitative estimate of drug-likeness (QED) is 0.557. The number of carbonyl (C=O) groups excluding carboxylic acids is 2. The summed E-state index contributed by atoms with van der Waals surface area (Å²) in [7, 11) is 1.34. The number of methoxy groups -OCH3 is 1. The Labute approximate surface area is 126 Å². The monoisotopic (exact) mass is 305 g/mol. The molecule has 0 spiro atoms. The van der Waals surface area contributed by atoms with E-state index in [0.29, 0.717) is 12.3 Å². The van der Waals surface area contributed by atoms with Crippen LogP contribution in [0.2, 0.25) is 0 Å². The number of carbonyl (C=O) groups is 2. The lowest BCUT2D eigenvalue weighted by Crippen LogP contribution is -2.56. The molecule has 5 nitrogen and oxygen atoms in total. The number of thioether (sulfide) groups is 1. The van der Waals surface area contributed by atoms with Crippen LogP contribution in [0.5, 0.6) is 0 Å². The zero-order valence-electron chi connectivity index (χ0n) is 13.6. The second-order valence-corrected chi connectivity index (χ2v) is 6.68. The van der Waals surface area contributed by atoms with Crippen LogP contribution in [0.4, 0.5) is 4.79 Å². The average Bonchev–Trinajstić information content (AvgIpc) is 2.32. The van der Waals surface area contributed by atoms with E-state index in [9.17, 15) is 9.59 Å². The topological polar surface area (TPSA) is 55.8 Å². The lowest BCUT2D eigenvalue weighted by molar-refractivity contribution is -0.153. The molecule has 0 aliphatic heterocycles. The third kappa shape index (κ3) is 5.23. The van der Waals surface area contributed by atoms with E-state index in [2.05, 4.69) is 0 Å². The molecule has 0 heterocycles. The molecular formula is C14H27NO4S. The fourth-order valence-corrected chi connectivity index (χ4v) is 2.55. The fourth-order valence-electron chi connectivity index (χ4n) is 1.90. The van der Waals surface area contributed by atoms with Gasteiger partial charge in [0.15, 0.2) is 0 Å². The van der Waals surface area contributed by atoms with Crippen LogP contribution in [0.1, 0.15) is 47.5 Å². The van der Waals surface area contributed by atoms with Gasteiger partial charge in [-0.2, -0.15) is 0 Å². The van der Waals surface area contributed by atoms with Crippen molar-refractivity contribution in [2.24, 2.45) is 0 Å². The van der Waals surface area contributed by atoms with E-state index in [0.717, 1.165) is 6.42 Å². The Balaban J connectivity index is 5.38. The average molecular weight is 305 g/mol. The Morgan fingerprint density at radius 3 is 2.10 bits per heavy atom.